The van der Waals surface area contributed by atoms with E-state index in [-0.39, 0.29) is 23.4 Å². The first kappa shape index (κ1) is 18.4. The van der Waals surface area contributed by atoms with Crippen LogP contribution in [0.15, 0.2) is 57.9 Å². The van der Waals surface area contributed by atoms with Crippen molar-refractivity contribution >= 4 is 37.5 Å². The Kier molecular flexibility index (Phi) is 5.98. The Balaban J connectivity index is 1.90. The van der Waals surface area contributed by atoms with E-state index in [1.807, 2.05) is 31.2 Å². The summed E-state index contributed by atoms with van der Waals surface area (Å²) in [7, 11) is -3.71. The highest BCUT2D eigenvalue weighted by Crippen LogP contribution is 2.16. The summed E-state index contributed by atoms with van der Waals surface area (Å²) in [6, 6.07) is 13.4. The number of nitrogens with two attached hydrogens (primary N) is 1. The molecular formula is C16H18BrN3O3S. The molecule has 24 heavy (non-hydrogen) atoms. The average molecular weight is 412 g/mol. The number of carbonyl (C=O) groups excluding carboxylic acids is 1. The number of halogens is 1. The van der Waals surface area contributed by atoms with Crippen LogP contribution in [0.1, 0.15) is 18.5 Å². The van der Waals surface area contributed by atoms with Crippen molar-refractivity contribution in [3.05, 3.63) is 58.6 Å². The number of hydrogen-bond donors (Lipinski definition) is 3. The van der Waals surface area contributed by atoms with Crippen LogP contribution in [-0.4, -0.2) is 20.9 Å². The highest BCUT2D eigenvalue weighted by Gasteiger charge is 2.12. The maximum Gasteiger partial charge on any atom is 0.239 e. The Morgan fingerprint density at radius 2 is 1.71 bits per heavy atom. The van der Waals surface area contributed by atoms with Crippen molar-refractivity contribution in [1.29, 1.82) is 0 Å². The number of primary sulfonamides is 1. The molecule has 0 aliphatic rings. The van der Waals surface area contributed by atoms with Gasteiger partial charge in [0, 0.05) is 10.2 Å². The zero-order valence-corrected chi connectivity index (χ0v) is 15.4. The minimum Gasteiger partial charge on any atom is -0.376 e. The van der Waals surface area contributed by atoms with E-state index >= 15 is 0 Å². The molecule has 0 fully saturated rings. The van der Waals surface area contributed by atoms with Gasteiger partial charge in [-0.1, -0.05) is 28.1 Å². The number of rotatable bonds is 6. The summed E-state index contributed by atoms with van der Waals surface area (Å²) >= 11 is 3.35. The third-order valence-electron chi connectivity index (χ3n) is 3.38. The maximum absolute atomic E-state index is 12.0. The van der Waals surface area contributed by atoms with Crippen molar-refractivity contribution in [3.8, 4) is 0 Å². The Morgan fingerprint density at radius 3 is 2.25 bits per heavy atom. The van der Waals surface area contributed by atoms with Crippen LogP contribution in [0.3, 0.4) is 0 Å². The standard InChI is InChI=1S/C16H18BrN3O3S/c1-11(12-2-8-15(9-3-12)24(18,22)23)20-16(21)10-19-14-6-4-13(17)5-7-14/h2-9,11,19H,10H2,1H3,(H,20,21)(H2,18,22,23)/t11-/m1/s1. The fourth-order valence-corrected chi connectivity index (χ4v) is 2.85. The number of benzene rings is 2. The molecule has 6 nitrogen and oxygen atoms in total. The summed E-state index contributed by atoms with van der Waals surface area (Å²) in [5.41, 5.74) is 1.64. The van der Waals surface area contributed by atoms with Crippen LogP contribution in [0, 0.1) is 0 Å². The molecule has 0 aliphatic carbocycles. The topological polar surface area (TPSA) is 101 Å². The molecule has 8 heteroatoms. The van der Waals surface area contributed by atoms with Crippen molar-refractivity contribution in [1.82, 2.24) is 5.32 Å². The van der Waals surface area contributed by atoms with E-state index in [0.717, 1.165) is 15.7 Å². The first-order valence-electron chi connectivity index (χ1n) is 7.17. The van der Waals surface area contributed by atoms with Crippen LogP contribution in [0.2, 0.25) is 0 Å². The largest absolute Gasteiger partial charge is 0.376 e. The molecule has 0 unspecified atom stereocenters. The molecule has 0 bridgehead atoms. The second-order valence-electron chi connectivity index (χ2n) is 5.26. The van der Waals surface area contributed by atoms with Crippen LogP contribution in [0.25, 0.3) is 0 Å². The molecule has 1 atom stereocenters. The number of hydrogen-bond acceptors (Lipinski definition) is 4. The molecule has 0 aliphatic heterocycles. The van der Waals surface area contributed by atoms with Crippen LogP contribution < -0.4 is 15.8 Å². The minimum absolute atomic E-state index is 0.0432. The lowest BCUT2D eigenvalue weighted by molar-refractivity contribution is -0.120. The van der Waals surface area contributed by atoms with Crippen molar-refractivity contribution in [2.24, 2.45) is 5.14 Å². The average Bonchev–Trinajstić information content (AvgIpc) is 2.53. The van der Waals surface area contributed by atoms with Crippen LogP contribution in [0.5, 0.6) is 0 Å². The molecule has 0 aromatic heterocycles. The van der Waals surface area contributed by atoms with E-state index in [0.29, 0.717) is 0 Å². The summed E-state index contributed by atoms with van der Waals surface area (Å²) in [4.78, 5) is 12.0. The minimum atomic E-state index is -3.71. The lowest BCUT2D eigenvalue weighted by Crippen LogP contribution is -2.32. The van der Waals surface area contributed by atoms with Gasteiger partial charge in [-0.05, 0) is 48.9 Å². The lowest BCUT2D eigenvalue weighted by Gasteiger charge is -2.15. The summed E-state index contributed by atoms with van der Waals surface area (Å²) < 4.78 is 23.4. The van der Waals surface area contributed by atoms with Crippen molar-refractivity contribution < 1.29 is 13.2 Å². The van der Waals surface area contributed by atoms with Gasteiger partial charge in [0.05, 0.1) is 17.5 Å². The molecule has 1 amide bonds. The Bertz CT molecular complexity index is 805. The normalized spacial score (nSPS) is 12.5. The molecule has 0 heterocycles. The van der Waals surface area contributed by atoms with E-state index < -0.39 is 10.0 Å². The Hall–Kier alpha value is -1.90. The third kappa shape index (κ3) is 5.33. The fraction of sp³-hybridized carbons (Fsp3) is 0.188. The number of nitrogens with one attached hydrogen (secondary N) is 2. The summed E-state index contributed by atoms with van der Waals surface area (Å²) in [5.74, 6) is -0.166. The quantitative estimate of drug-likeness (QED) is 0.678. The van der Waals surface area contributed by atoms with Gasteiger partial charge in [0.1, 0.15) is 0 Å². The van der Waals surface area contributed by atoms with Gasteiger partial charge < -0.3 is 10.6 Å². The molecule has 128 valence electrons. The zero-order valence-electron chi connectivity index (χ0n) is 13.0. The smallest absolute Gasteiger partial charge is 0.239 e. The number of carbonyl (C=O) groups is 1. The predicted octanol–water partition coefficient (Wildman–Crippen LogP) is 2.39. The SMILES string of the molecule is C[C@@H](NC(=O)CNc1ccc(Br)cc1)c1ccc(S(N)(=O)=O)cc1. The molecule has 0 saturated carbocycles. The van der Waals surface area contributed by atoms with Gasteiger partial charge in [0.25, 0.3) is 0 Å². The molecular weight excluding hydrogens is 394 g/mol. The van der Waals surface area contributed by atoms with E-state index in [1.165, 1.54) is 12.1 Å². The second-order valence-corrected chi connectivity index (χ2v) is 7.74. The fourth-order valence-electron chi connectivity index (χ4n) is 2.07. The molecule has 0 spiro atoms. The highest BCUT2D eigenvalue weighted by molar-refractivity contribution is 9.10. The van der Waals surface area contributed by atoms with Crippen molar-refractivity contribution in [3.63, 3.8) is 0 Å². The Labute approximate surface area is 149 Å². The first-order chi connectivity index (χ1) is 11.3. The Morgan fingerprint density at radius 1 is 1.12 bits per heavy atom. The monoisotopic (exact) mass is 411 g/mol. The van der Waals surface area contributed by atoms with E-state index in [9.17, 15) is 13.2 Å². The summed E-state index contributed by atoms with van der Waals surface area (Å²) in [6.45, 7) is 1.96. The van der Waals surface area contributed by atoms with Crippen molar-refractivity contribution in [2.75, 3.05) is 11.9 Å². The molecule has 0 radical (unpaired) electrons. The van der Waals surface area contributed by atoms with Gasteiger partial charge >= 0.3 is 0 Å². The number of anilines is 1. The molecule has 0 saturated heterocycles. The molecule has 2 rings (SSSR count). The van der Waals surface area contributed by atoms with Gasteiger partial charge in [0.2, 0.25) is 15.9 Å². The summed E-state index contributed by atoms with van der Waals surface area (Å²) in [6.07, 6.45) is 0. The van der Waals surface area contributed by atoms with E-state index in [4.69, 9.17) is 5.14 Å². The summed E-state index contributed by atoms with van der Waals surface area (Å²) in [5, 5.41) is 10.9. The first-order valence-corrected chi connectivity index (χ1v) is 9.51. The van der Waals surface area contributed by atoms with E-state index in [1.54, 1.807) is 12.1 Å². The maximum atomic E-state index is 12.0. The van der Waals surface area contributed by atoms with E-state index in [2.05, 4.69) is 26.6 Å². The number of amides is 1. The predicted molar refractivity (Wildman–Crippen MR) is 97.0 cm³/mol. The molecule has 2 aromatic rings. The van der Waals surface area contributed by atoms with Gasteiger partial charge in [-0.3, -0.25) is 4.79 Å². The lowest BCUT2D eigenvalue weighted by atomic mass is 10.1. The molecule has 2 aromatic carbocycles. The van der Waals surface area contributed by atoms with Gasteiger partial charge in [-0.25, -0.2) is 13.6 Å². The van der Waals surface area contributed by atoms with Crippen LogP contribution in [-0.2, 0) is 14.8 Å². The third-order valence-corrected chi connectivity index (χ3v) is 4.84. The highest BCUT2D eigenvalue weighted by atomic mass is 79.9. The van der Waals surface area contributed by atoms with Crippen LogP contribution >= 0.6 is 15.9 Å². The van der Waals surface area contributed by atoms with Gasteiger partial charge in [-0.2, -0.15) is 0 Å². The zero-order chi connectivity index (χ0) is 17.7. The second kappa shape index (κ2) is 7.78. The van der Waals surface area contributed by atoms with Gasteiger partial charge in [0.15, 0.2) is 0 Å². The number of sulfonamides is 1. The van der Waals surface area contributed by atoms with Gasteiger partial charge in [-0.15, -0.1) is 0 Å². The van der Waals surface area contributed by atoms with Crippen molar-refractivity contribution in [2.45, 2.75) is 17.9 Å². The molecule has 4 N–H and O–H groups in total. The van der Waals surface area contributed by atoms with Crippen LogP contribution in [0.4, 0.5) is 5.69 Å².